The van der Waals surface area contributed by atoms with Gasteiger partial charge in [-0.2, -0.15) is 8.78 Å². The Kier molecular flexibility index (Phi) is 5.30. The minimum atomic E-state index is -4.86. The number of carbonyl (C=O) groups excluding carboxylic acids is 2. The Morgan fingerprint density at radius 3 is 2.47 bits per heavy atom. The van der Waals surface area contributed by atoms with Crippen molar-refractivity contribution in [1.82, 2.24) is 5.32 Å². The molecule has 1 aromatic heterocycles. The molecule has 9 heteroatoms. The Bertz CT molecular complexity index is 452. The SMILES string of the molecule is O=C(CCl)C(NC(=O)C(F)(F)C(F)F)c1cccs1. The van der Waals surface area contributed by atoms with E-state index in [-0.39, 0.29) is 4.88 Å². The summed E-state index contributed by atoms with van der Waals surface area (Å²) in [5, 5.41) is 3.14. The van der Waals surface area contributed by atoms with Gasteiger partial charge in [-0.25, -0.2) is 8.78 Å². The first-order chi connectivity index (χ1) is 8.80. The fraction of sp³-hybridized carbons (Fsp3) is 0.400. The zero-order valence-corrected chi connectivity index (χ0v) is 10.8. The van der Waals surface area contributed by atoms with Gasteiger partial charge in [0.25, 0.3) is 5.91 Å². The molecule has 1 rings (SSSR count). The van der Waals surface area contributed by atoms with E-state index in [1.165, 1.54) is 12.1 Å². The Morgan fingerprint density at radius 2 is 2.05 bits per heavy atom. The molecule has 1 heterocycles. The zero-order chi connectivity index (χ0) is 14.6. The summed E-state index contributed by atoms with van der Waals surface area (Å²) in [4.78, 5) is 22.8. The summed E-state index contributed by atoms with van der Waals surface area (Å²) in [5.41, 5.74) is 0. The number of halogens is 5. The van der Waals surface area contributed by atoms with Crippen LogP contribution in [0.3, 0.4) is 0 Å². The van der Waals surface area contributed by atoms with Crippen LogP contribution in [0.2, 0.25) is 0 Å². The molecule has 0 aliphatic heterocycles. The van der Waals surface area contributed by atoms with Gasteiger partial charge in [-0.1, -0.05) is 6.07 Å². The van der Waals surface area contributed by atoms with Crippen molar-refractivity contribution >= 4 is 34.6 Å². The summed E-state index contributed by atoms with van der Waals surface area (Å²) in [5.74, 6) is -8.37. The quantitative estimate of drug-likeness (QED) is 0.647. The van der Waals surface area contributed by atoms with Gasteiger partial charge in [-0.15, -0.1) is 22.9 Å². The highest BCUT2D eigenvalue weighted by Crippen LogP contribution is 2.26. The van der Waals surface area contributed by atoms with Crippen molar-refractivity contribution in [1.29, 1.82) is 0 Å². The minimum absolute atomic E-state index is 0.240. The van der Waals surface area contributed by atoms with Crippen molar-refractivity contribution in [2.24, 2.45) is 0 Å². The Morgan fingerprint density at radius 1 is 1.42 bits per heavy atom. The number of amides is 1. The Hall–Kier alpha value is -1.15. The molecule has 1 amide bonds. The van der Waals surface area contributed by atoms with Crippen LogP contribution in [0.5, 0.6) is 0 Å². The first-order valence-corrected chi connectivity index (χ1v) is 6.31. The van der Waals surface area contributed by atoms with E-state index in [9.17, 15) is 27.2 Å². The van der Waals surface area contributed by atoms with Crippen molar-refractivity contribution in [3.63, 3.8) is 0 Å². The van der Waals surface area contributed by atoms with Gasteiger partial charge in [-0.3, -0.25) is 9.59 Å². The summed E-state index contributed by atoms with van der Waals surface area (Å²) < 4.78 is 49.7. The van der Waals surface area contributed by atoms with E-state index in [2.05, 4.69) is 0 Å². The van der Waals surface area contributed by atoms with E-state index in [1.807, 2.05) is 0 Å². The molecular weight excluding hydrogens is 310 g/mol. The number of alkyl halides is 5. The van der Waals surface area contributed by atoms with Crippen LogP contribution in [0.4, 0.5) is 17.6 Å². The maximum absolute atomic E-state index is 12.8. The lowest BCUT2D eigenvalue weighted by Crippen LogP contribution is -2.48. The molecule has 1 unspecified atom stereocenters. The van der Waals surface area contributed by atoms with E-state index in [1.54, 1.807) is 10.7 Å². The number of rotatable bonds is 6. The number of ketones is 1. The highest BCUT2D eigenvalue weighted by Gasteiger charge is 2.50. The summed E-state index contributed by atoms with van der Waals surface area (Å²) in [6.45, 7) is 0. The molecule has 3 nitrogen and oxygen atoms in total. The largest absolute Gasteiger partial charge is 0.383 e. The molecule has 0 spiro atoms. The molecule has 0 saturated heterocycles. The van der Waals surface area contributed by atoms with E-state index >= 15 is 0 Å². The molecule has 0 radical (unpaired) electrons. The van der Waals surface area contributed by atoms with Crippen LogP contribution in [0.15, 0.2) is 17.5 Å². The first-order valence-electron chi connectivity index (χ1n) is 4.89. The fourth-order valence-corrected chi connectivity index (χ4v) is 2.12. The second-order valence-electron chi connectivity index (χ2n) is 3.45. The van der Waals surface area contributed by atoms with Gasteiger partial charge in [0.1, 0.15) is 6.04 Å². The number of hydrogen-bond donors (Lipinski definition) is 1. The highest BCUT2D eigenvalue weighted by molar-refractivity contribution is 7.10. The maximum atomic E-state index is 12.8. The smallest absolute Gasteiger partial charge is 0.336 e. The molecule has 0 bridgehead atoms. The van der Waals surface area contributed by atoms with E-state index < -0.39 is 36.0 Å². The minimum Gasteiger partial charge on any atom is -0.336 e. The zero-order valence-electron chi connectivity index (χ0n) is 9.21. The average Bonchev–Trinajstić information content (AvgIpc) is 2.87. The predicted octanol–water partition coefficient (Wildman–Crippen LogP) is 2.61. The number of carbonyl (C=O) groups is 2. The molecule has 1 atom stereocenters. The monoisotopic (exact) mass is 317 g/mol. The maximum Gasteiger partial charge on any atom is 0.383 e. The molecule has 0 aliphatic rings. The van der Waals surface area contributed by atoms with E-state index in [4.69, 9.17) is 11.6 Å². The van der Waals surface area contributed by atoms with Crippen LogP contribution in [0.1, 0.15) is 10.9 Å². The van der Waals surface area contributed by atoms with Crippen LogP contribution in [-0.4, -0.2) is 29.9 Å². The summed E-state index contributed by atoms with van der Waals surface area (Å²) >= 11 is 6.30. The fourth-order valence-electron chi connectivity index (χ4n) is 1.17. The summed E-state index contributed by atoms with van der Waals surface area (Å²) in [6, 6.07) is 1.47. The van der Waals surface area contributed by atoms with Crippen LogP contribution in [0, 0.1) is 0 Å². The average molecular weight is 318 g/mol. The van der Waals surface area contributed by atoms with Gasteiger partial charge in [0.05, 0.1) is 5.88 Å². The lowest BCUT2D eigenvalue weighted by molar-refractivity contribution is -0.170. The van der Waals surface area contributed by atoms with Crippen molar-refractivity contribution in [2.45, 2.75) is 18.4 Å². The number of Topliss-reactive ketones (excluding diaryl/α,β-unsaturated/α-hetero) is 1. The molecule has 0 aromatic carbocycles. The number of thiophene rings is 1. The summed E-state index contributed by atoms with van der Waals surface area (Å²) in [6.07, 6.45) is -4.15. The van der Waals surface area contributed by atoms with Gasteiger partial charge in [0.2, 0.25) is 0 Å². The van der Waals surface area contributed by atoms with Crippen LogP contribution < -0.4 is 5.32 Å². The van der Waals surface area contributed by atoms with Crippen LogP contribution >= 0.6 is 22.9 Å². The highest BCUT2D eigenvalue weighted by atomic mass is 35.5. The normalized spacial score (nSPS) is 13.4. The van der Waals surface area contributed by atoms with Crippen molar-refractivity contribution in [2.75, 3.05) is 5.88 Å². The standard InChI is InChI=1S/C10H8ClF4NO2S/c11-4-5(17)7(6-2-1-3-19-6)16-9(18)10(14,15)8(12)13/h1-3,7-8H,4H2,(H,16,18). The first kappa shape index (κ1) is 15.9. The molecule has 106 valence electrons. The molecule has 0 aliphatic carbocycles. The lowest BCUT2D eigenvalue weighted by Gasteiger charge is -2.19. The van der Waals surface area contributed by atoms with Gasteiger partial charge < -0.3 is 5.32 Å². The third-order valence-corrected chi connectivity index (χ3v) is 3.33. The number of nitrogens with one attached hydrogen (secondary N) is 1. The van der Waals surface area contributed by atoms with Crippen molar-refractivity contribution < 1.29 is 27.2 Å². The lowest BCUT2D eigenvalue weighted by atomic mass is 10.1. The molecule has 0 saturated carbocycles. The predicted molar refractivity (Wildman–Crippen MR) is 61.9 cm³/mol. The third kappa shape index (κ3) is 3.66. The van der Waals surface area contributed by atoms with Crippen molar-refractivity contribution in [3.8, 4) is 0 Å². The van der Waals surface area contributed by atoms with Gasteiger partial charge in [0.15, 0.2) is 5.78 Å². The Balaban J connectivity index is 2.91. The van der Waals surface area contributed by atoms with Gasteiger partial charge >= 0.3 is 12.3 Å². The molecular formula is C10H8ClF4NO2S. The molecule has 19 heavy (non-hydrogen) atoms. The van der Waals surface area contributed by atoms with Gasteiger partial charge in [-0.05, 0) is 11.4 Å². The van der Waals surface area contributed by atoms with Crippen molar-refractivity contribution in [3.05, 3.63) is 22.4 Å². The second kappa shape index (κ2) is 6.33. The molecule has 0 fully saturated rings. The van der Waals surface area contributed by atoms with Gasteiger partial charge in [0, 0.05) is 4.88 Å². The molecule has 1 aromatic rings. The summed E-state index contributed by atoms with van der Waals surface area (Å²) in [7, 11) is 0. The Labute approximate surface area is 114 Å². The van der Waals surface area contributed by atoms with E-state index in [0.29, 0.717) is 0 Å². The van der Waals surface area contributed by atoms with Crippen LogP contribution in [0.25, 0.3) is 0 Å². The molecule has 1 N–H and O–H groups in total. The topological polar surface area (TPSA) is 46.2 Å². The van der Waals surface area contributed by atoms with E-state index in [0.717, 1.165) is 11.3 Å². The number of hydrogen-bond acceptors (Lipinski definition) is 3. The second-order valence-corrected chi connectivity index (χ2v) is 4.69. The van der Waals surface area contributed by atoms with Crippen LogP contribution in [-0.2, 0) is 9.59 Å². The third-order valence-electron chi connectivity index (χ3n) is 2.13.